The van der Waals surface area contributed by atoms with E-state index in [4.69, 9.17) is 5.73 Å². The normalized spacial score (nSPS) is 18.4. The van der Waals surface area contributed by atoms with Crippen molar-refractivity contribution < 1.29 is 4.79 Å². The van der Waals surface area contributed by atoms with E-state index in [-0.39, 0.29) is 11.9 Å². The minimum absolute atomic E-state index is 0.0405. The van der Waals surface area contributed by atoms with Gasteiger partial charge in [0.05, 0.1) is 0 Å². The molecule has 0 spiro atoms. The number of aromatic nitrogens is 4. The molecule has 2 heterocycles. The van der Waals surface area contributed by atoms with E-state index >= 15 is 0 Å². The SMILES string of the molecule is CC(C(=O)N1CCCCC1)n1nnnc1N. The minimum Gasteiger partial charge on any atom is -0.367 e. The molecule has 1 fully saturated rings. The fraction of sp³-hybridized carbons (Fsp3) is 0.778. The summed E-state index contributed by atoms with van der Waals surface area (Å²) in [6, 6.07) is -0.423. The number of rotatable bonds is 2. The molecule has 1 atom stereocenters. The molecular formula is C9H16N6O. The molecule has 7 nitrogen and oxygen atoms in total. The zero-order chi connectivity index (χ0) is 11.5. The number of nitrogen functional groups attached to an aromatic ring is 1. The van der Waals surface area contributed by atoms with Gasteiger partial charge in [-0.15, -0.1) is 0 Å². The van der Waals surface area contributed by atoms with Crippen molar-refractivity contribution >= 4 is 11.9 Å². The Hall–Kier alpha value is -1.66. The maximum atomic E-state index is 12.1. The van der Waals surface area contributed by atoms with Gasteiger partial charge in [-0.2, -0.15) is 4.68 Å². The summed E-state index contributed by atoms with van der Waals surface area (Å²) in [5.41, 5.74) is 5.56. The van der Waals surface area contributed by atoms with Crippen LogP contribution in [0.2, 0.25) is 0 Å². The van der Waals surface area contributed by atoms with Crippen LogP contribution < -0.4 is 5.73 Å². The van der Waals surface area contributed by atoms with Gasteiger partial charge in [0.25, 0.3) is 0 Å². The van der Waals surface area contributed by atoms with E-state index in [1.54, 1.807) is 6.92 Å². The molecule has 0 radical (unpaired) electrons. The minimum atomic E-state index is -0.423. The Kier molecular flexibility index (Phi) is 3.02. The molecule has 1 aromatic rings. The van der Waals surface area contributed by atoms with Gasteiger partial charge in [0.1, 0.15) is 6.04 Å². The van der Waals surface area contributed by atoms with Crippen molar-refractivity contribution in [1.82, 2.24) is 25.1 Å². The number of anilines is 1. The molecule has 0 bridgehead atoms. The average molecular weight is 224 g/mol. The Balaban J connectivity index is 2.06. The first kappa shape index (κ1) is 10.8. The van der Waals surface area contributed by atoms with Gasteiger partial charge in [0.15, 0.2) is 0 Å². The van der Waals surface area contributed by atoms with Crippen LogP contribution in [0, 0.1) is 0 Å². The van der Waals surface area contributed by atoms with E-state index in [1.165, 1.54) is 11.1 Å². The summed E-state index contributed by atoms with van der Waals surface area (Å²) >= 11 is 0. The van der Waals surface area contributed by atoms with Crippen LogP contribution in [0.25, 0.3) is 0 Å². The first-order chi connectivity index (χ1) is 7.70. The number of hydrogen-bond acceptors (Lipinski definition) is 5. The number of carbonyl (C=O) groups excluding carboxylic acids is 1. The van der Waals surface area contributed by atoms with E-state index in [1.807, 2.05) is 4.90 Å². The Morgan fingerprint density at radius 3 is 2.62 bits per heavy atom. The zero-order valence-electron chi connectivity index (χ0n) is 9.33. The van der Waals surface area contributed by atoms with E-state index in [0.717, 1.165) is 25.9 Å². The van der Waals surface area contributed by atoms with Gasteiger partial charge in [-0.25, -0.2) is 0 Å². The zero-order valence-corrected chi connectivity index (χ0v) is 9.33. The van der Waals surface area contributed by atoms with Crippen LogP contribution in [0.15, 0.2) is 0 Å². The molecule has 16 heavy (non-hydrogen) atoms. The predicted molar refractivity (Wildman–Crippen MR) is 57.4 cm³/mol. The van der Waals surface area contributed by atoms with Crippen molar-refractivity contribution in [1.29, 1.82) is 0 Å². The third-order valence-corrected chi connectivity index (χ3v) is 2.91. The molecule has 7 heteroatoms. The Labute approximate surface area is 93.6 Å². The van der Waals surface area contributed by atoms with Crippen LogP contribution in [0.5, 0.6) is 0 Å². The number of hydrogen-bond donors (Lipinski definition) is 1. The second kappa shape index (κ2) is 4.46. The van der Waals surface area contributed by atoms with Crippen molar-refractivity contribution in [3.05, 3.63) is 0 Å². The average Bonchev–Trinajstić information content (AvgIpc) is 2.75. The Morgan fingerprint density at radius 2 is 2.06 bits per heavy atom. The maximum Gasteiger partial charge on any atom is 0.247 e. The third kappa shape index (κ3) is 1.98. The van der Waals surface area contributed by atoms with E-state index in [2.05, 4.69) is 15.5 Å². The highest BCUT2D eigenvalue weighted by Gasteiger charge is 2.25. The first-order valence-electron chi connectivity index (χ1n) is 5.52. The number of carbonyl (C=O) groups is 1. The number of likely N-dealkylation sites (tertiary alicyclic amines) is 1. The van der Waals surface area contributed by atoms with Crippen molar-refractivity contribution in [3.63, 3.8) is 0 Å². The molecule has 2 N–H and O–H groups in total. The van der Waals surface area contributed by atoms with Crippen LogP contribution >= 0.6 is 0 Å². The molecule has 0 saturated carbocycles. The summed E-state index contributed by atoms with van der Waals surface area (Å²) in [5, 5.41) is 10.7. The largest absolute Gasteiger partial charge is 0.367 e. The molecular weight excluding hydrogens is 208 g/mol. The number of piperidine rings is 1. The number of nitrogens with two attached hydrogens (primary N) is 1. The number of amides is 1. The van der Waals surface area contributed by atoms with Crippen molar-refractivity contribution in [2.45, 2.75) is 32.2 Å². The standard InChI is InChI=1S/C9H16N6O/c1-7(15-9(10)11-12-13-15)8(16)14-5-3-2-4-6-14/h7H,2-6H2,1H3,(H2,10,11,13). The molecule has 1 aliphatic rings. The van der Waals surface area contributed by atoms with Crippen LogP contribution in [0.1, 0.15) is 32.2 Å². The lowest BCUT2D eigenvalue weighted by molar-refractivity contribution is -0.135. The Bertz CT molecular complexity index is 370. The Morgan fingerprint density at radius 1 is 1.38 bits per heavy atom. The number of nitrogens with zero attached hydrogens (tertiary/aromatic N) is 5. The molecule has 2 rings (SSSR count). The second-order valence-electron chi connectivity index (χ2n) is 4.04. The van der Waals surface area contributed by atoms with E-state index in [9.17, 15) is 4.79 Å². The van der Waals surface area contributed by atoms with Gasteiger partial charge in [-0.1, -0.05) is 5.10 Å². The molecule has 1 amide bonds. The molecule has 0 aliphatic carbocycles. The lowest BCUT2D eigenvalue weighted by atomic mass is 10.1. The van der Waals surface area contributed by atoms with E-state index in [0.29, 0.717) is 0 Å². The van der Waals surface area contributed by atoms with Crippen LogP contribution in [-0.4, -0.2) is 44.1 Å². The third-order valence-electron chi connectivity index (χ3n) is 2.91. The van der Waals surface area contributed by atoms with Crippen molar-refractivity contribution in [2.75, 3.05) is 18.8 Å². The van der Waals surface area contributed by atoms with Gasteiger partial charge in [-0.3, -0.25) is 4.79 Å². The van der Waals surface area contributed by atoms with Gasteiger partial charge in [0, 0.05) is 13.1 Å². The van der Waals surface area contributed by atoms with Gasteiger partial charge < -0.3 is 10.6 Å². The van der Waals surface area contributed by atoms with Crippen LogP contribution in [0.4, 0.5) is 5.95 Å². The fourth-order valence-electron chi connectivity index (χ4n) is 1.96. The van der Waals surface area contributed by atoms with Crippen LogP contribution in [0.3, 0.4) is 0 Å². The van der Waals surface area contributed by atoms with Crippen molar-refractivity contribution in [3.8, 4) is 0 Å². The van der Waals surface area contributed by atoms with E-state index < -0.39 is 6.04 Å². The van der Waals surface area contributed by atoms with Crippen LogP contribution in [-0.2, 0) is 4.79 Å². The van der Waals surface area contributed by atoms with Gasteiger partial charge >= 0.3 is 0 Å². The van der Waals surface area contributed by atoms with Crippen molar-refractivity contribution in [2.24, 2.45) is 0 Å². The first-order valence-corrected chi connectivity index (χ1v) is 5.52. The summed E-state index contributed by atoms with van der Waals surface area (Å²) < 4.78 is 1.36. The van der Waals surface area contributed by atoms with Gasteiger partial charge in [0.2, 0.25) is 11.9 Å². The summed E-state index contributed by atoms with van der Waals surface area (Å²) in [5.74, 6) is 0.219. The molecule has 1 aromatic heterocycles. The lowest BCUT2D eigenvalue weighted by Crippen LogP contribution is -2.40. The molecule has 1 saturated heterocycles. The maximum absolute atomic E-state index is 12.1. The quantitative estimate of drug-likeness (QED) is 0.753. The monoisotopic (exact) mass is 224 g/mol. The highest BCUT2D eigenvalue weighted by Crippen LogP contribution is 2.15. The highest BCUT2D eigenvalue weighted by molar-refractivity contribution is 5.80. The summed E-state index contributed by atoms with van der Waals surface area (Å²) in [7, 11) is 0. The smallest absolute Gasteiger partial charge is 0.247 e. The fourth-order valence-corrected chi connectivity index (χ4v) is 1.96. The molecule has 0 aromatic carbocycles. The number of tetrazole rings is 1. The molecule has 1 unspecified atom stereocenters. The molecule has 1 aliphatic heterocycles. The molecule has 88 valence electrons. The summed E-state index contributed by atoms with van der Waals surface area (Å²) in [4.78, 5) is 14.0. The predicted octanol–water partition coefficient (Wildman–Crippen LogP) is -0.171. The lowest BCUT2D eigenvalue weighted by Gasteiger charge is -2.29. The topological polar surface area (TPSA) is 89.9 Å². The highest BCUT2D eigenvalue weighted by atomic mass is 16.2. The summed E-state index contributed by atoms with van der Waals surface area (Å²) in [6.07, 6.45) is 3.35. The second-order valence-corrected chi connectivity index (χ2v) is 4.04. The summed E-state index contributed by atoms with van der Waals surface area (Å²) in [6.45, 7) is 3.42. The van der Waals surface area contributed by atoms with Gasteiger partial charge in [-0.05, 0) is 36.6 Å².